The first-order chi connectivity index (χ1) is 14.7. The summed E-state index contributed by atoms with van der Waals surface area (Å²) in [5.74, 6) is 2.06. The lowest BCUT2D eigenvalue weighted by molar-refractivity contribution is 0.345. The van der Waals surface area contributed by atoms with Gasteiger partial charge in [-0.1, -0.05) is 79.9 Å². The Morgan fingerprint density at radius 3 is 2.00 bits per heavy atom. The Hall–Kier alpha value is -3.26. The molecule has 2 heteroatoms. The molecule has 0 unspecified atom stereocenters. The van der Waals surface area contributed by atoms with Gasteiger partial charge in [-0.15, -0.1) is 0 Å². The van der Waals surface area contributed by atoms with Crippen LogP contribution in [0.5, 0.6) is 17.2 Å². The number of ether oxygens (including phenoxy) is 1. The molecule has 0 radical (unpaired) electrons. The van der Waals surface area contributed by atoms with E-state index in [1.165, 1.54) is 35.8 Å². The predicted molar refractivity (Wildman–Crippen MR) is 122 cm³/mol. The smallest absolute Gasteiger partial charge is 0.135 e. The van der Waals surface area contributed by atoms with E-state index in [9.17, 15) is 5.11 Å². The third kappa shape index (κ3) is 3.43. The van der Waals surface area contributed by atoms with Gasteiger partial charge in [-0.25, -0.2) is 0 Å². The van der Waals surface area contributed by atoms with Crippen molar-refractivity contribution in [2.45, 2.75) is 37.5 Å². The van der Waals surface area contributed by atoms with Gasteiger partial charge in [0, 0.05) is 10.8 Å². The maximum atomic E-state index is 9.74. The zero-order valence-electron chi connectivity index (χ0n) is 17.1. The third-order valence-corrected chi connectivity index (χ3v) is 6.51. The van der Waals surface area contributed by atoms with Gasteiger partial charge in [-0.2, -0.15) is 0 Å². The molecule has 0 saturated heterocycles. The summed E-state index contributed by atoms with van der Waals surface area (Å²) in [6.45, 7) is 0. The monoisotopic (exact) mass is 394 g/mol. The van der Waals surface area contributed by atoms with Gasteiger partial charge in [0.1, 0.15) is 17.2 Å². The molecule has 0 bridgehead atoms. The highest BCUT2D eigenvalue weighted by molar-refractivity contribution is 5.88. The number of phenolic OH excluding ortho intramolecular Hbond substituents is 1. The average Bonchev–Trinajstić information content (AvgIpc) is 2.81. The van der Waals surface area contributed by atoms with Crippen molar-refractivity contribution in [2.75, 3.05) is 0 Å². The third-order valence-electron chi connectivity index (χ3n) is 6.51. The highest BCUT2D eigenvalue weighted by Crippen LogP contribution is 2.45. The number of phenols is 1. The molecule has 2 nitrogen and oxygen atoms in total. The summed E-state index contributed by atoms with van der Waals surface area (Å²) in [5.41, 5.74) is 2.64. The number of hydrogen-bond donors (Lipinski definition) is 1. The molecule has 0 atom stereocenters. The molecule has 4 aromatic rings. The normalized spacial score (nSPS) is 15.7. The van der Waals surface area contributed by atoms with E-state index in [4.69, 9.17) is 4.74 Å². The Bertz CT molecular complexity index is 1130. The van der Waals surface area contributed by atoms with Gasteiger partial charge in [0.2, 0.25) is 0 Å². The first-order valence-electron chi connectivity index (χ1n) is 10.8. The minimum atomic E-state index is 0.0178. The van der Waals surface area contributed by atoms with Crippen LogP contribution in [-0.4, -0.2) is 5.11 Å². The Morgan fingerprint density at radius 1 is 0.633 bits per heavy atom. The molecule has 5 rings (SSSR count). The highest BCUT2D eigenvalue weighted by atomic mass is 16.5. The van der Waals surface area contributed by atoms with Crippen molar-refractivity contribution in [1.82, 2.24) is 0 Å². The molecule has 150 valence electrons. The van der Waals surface area contributed by atoms with Gasteiger partial charge in [-0.3, -0.25) is 0 Å². The minimum Gasteiger partial charge on any atom is -0.508 e. The molecule has 30 heavy (non-hydrogen) atoms. The van der Waals surface area contributed by atoms with Crippen molar-refractivity contribution < 1.29 is 9.84 Å². The molecular weight excluding hydrogens is 368 g/mol. The molecule has 1 aliphatic rings. The van der Waals surface area contributed by atoms with Crippen molar-refractivity contribution in [3.05, 3.63) is 102 Å². The molecule has 1 saturated carbocycles. The van der Waals surface area contributed by atoms with E-state index in [0.717, 1.165) is 29.7 Å². The lowest BCUT2D eigenvalue weighted by Crippen LogP contribution is -2.30. The number of fused-ring (bicyclic) bond motifs is 1. The highest BCUT2D eigenvalue weighted by Gasteiger charge is 2.35. The lowest BCUT2D eigenvalue weighted by Gasteiger charge is -2.38. The van der Waals surface area contributed by atoms with Crippen molar-refractivity contribution in [3.63, 3.8) is 0 Å². The quantitative estimate of drug-likeness (QED) is 0.386. The van der Waals surface area contributed by atoms with E-state index in [2.05, 4.69) is 54.6 Å². The van der Waals surface area contributed by atoms with Crippen LogP contribution in [0.4, 0.5) is 0 Å². The molecule has 1 aliphatic carbocycles. The van der Waals surface area contributed by atoms with Gasteiger partial charge in [0.15, 0.2) is 0 Å². The van der Waals surface area contributed by atoms with Crippen molar-refractivity contribution in [3.8, 4) is 17.2 Å². The van der Waals surface area contributed by atoms with Crippen LogP contribution in [0.2, 0.25) is 0 Å². The number of benzene rings is 4. The summed E-state index contributed by atoms with van der Waals surface area (Å²) < 4.78 is 6.26. The van der Waals surface area contributed by atoms with Gasteiger partial charge in [-0.05, 0) is 59.7 Å². The molecule has 1 fully saturated rings. The lowest BCUT2D eigenvalue weighted by atomic mass is 9.65. The summed E-state index contributed by atoms with van der Waals surface area (Å²) in [5, 5.41) is 12.0. The summed E-state index contributed by atoms with van der Waals surface area (Å²) in [4.78, 5) is 0. The fourth-order valence-corrected chi connectivity index (χ4v) is 4.93. The first-order valence-corrected chi connectivity index (χ1v) is 10.8. The second kappa shape index (κ2) is 7.87. The molecule has 0 aromatic heterocycles. The van der Waals surface area contributed by atoms with Crippen LogP contribution in [-0.2, 0) is 5.41 Å². The van der Waals surface area contributed by atoms with Crippen LogP contribution in [0.1, 0.15) is 43.2 Å². The molecule has 0 heterocycles. The van der Waals surface area contributed by atoms with Crippen LogP contribution < -0.4 is 4.74 Å². The van der Waals surface area contributed by atoms with Crippen LogP contribution in [0.15, 0.2) is 91.0 Å². The zero-order chi connectivity index (χ0) is 20.4. The number of aromatic hydroxyl groups is 1. The first kappa shape index (κ1) is 18.7. The number of hydrogen-bond acceptors (Lipinski definition) is 2. The summed E-state index contributed by atoms with van der Waals surface area (Å²) in [6, 6.07) is 30.9. The summed E-state index contributed by atoms with van der Waals surface area (Å²) in [7, 11) is 0. The van der Waals surface area contributed by atoms with Crippen LogP contribution in [0.3, 0.4) is 0 Å². The summed E-state index contributed by atoms with van der Waals surface area (Å²) in [6.07, 6.45) is 6.04. The predicted octanol–water partition coefficient (Wildman–Crippen LogP) is 7.59. The fourth-order valence-electron chi connectivity index (χ4n) is 4.93. The average molecular weight is 395 g/mol. The summed E-state index contributed by atoms with van der Waals surface area (Å²) >= 11 is 0. The largest absolute Gasteiger partial charge is 0.508 e. The minimum absolute atomic E-state index is 0.0178. The standard InChI is InChI=1S/C28H26O2/c29-24-15-11-22(12-16-24)28(19-4-1-5-20-28)23-13-17-25(18-14-23)30-27-10-6-8-21-7-2-3-9-26(21)27/h2-3,6-18,29H,1,4-5,19-20H2. The van der Waals surface area contributed by atoms with Gasteiger partial charge < -0.3 is 9.84 Å². The maximum Gasteiger partial charge on any atom is 0.135 e. The van der Waals surface area contributed by atoms with E-state index < -0.39 is 0 Å². The Morgan fingerprint density at radius 2 is 1.27 bits per heavy atom. The number of rotatable bonds is 4. The van der Waals surface area contributed by atoms with Crippen LogP contribution in [0.25, 0.3) is 10.8 Å². The SMILES string of the molecule is Oc1ccc(C2(c3ccc(Oc4cccc5ccccc45)cc3)CCCCC2)cc1. The zero-order valence-corrected chi connectivity index (χ0v) is 17.1. The van der Waals surface area contributed by atoms with E-state index in [1.54, 1.807) is 0 Å². The van der Waals surface area contributed by atoms with Crippen molar-refractivity contribution in [1.29, 1.82) is 0 Å². The second-order valence-electron chi connectivity index (χ2n) is 8.29. The topological polar surface area (TPSA) is 29.5 Å². The van der Waals surface area contributed by atoms with Gasteiger partial charge in [0.05, 0.1) is 0 Å². The van der Waals surface area contributed by atoms with Crippen LogP contribution >= 0.6 is 0 Å². The van der Waals surface area contributed by atoms with Crippen molar-refractivity contribution >= 4 is 10.8 Å². The fraction of sp³-hybridized carbons (Fsp3) is 0.214. The Balaban J connectivity index is 1.47. The molecule has 4 aromatic carbocycles. The van der Waals surface area contributed by atoms with E-state index >= 15 is 0 Å². The molecule has 1 N–H and O–H groups in total. The van der Waals surface area contributed by atoms with E-state index in [0.29, 0.717) is 5.75 Å². The van der Waals surface area contributed by atoms with E-state index in [-0.39, 0.29) is 5.41 Å². The molecule has 0 spiro atoms. The van der Waals surface area contributed by atoms with E-state index in [1.807, 2.05) is 36.4 Å². The Kier molecular flexibility index (Phi) is 4.92. The van der Waals surface area contributed by atoms with Crippen LogP contribution in [0, 0.1) is 0 Å². The maximum absolute atomic E-state index is 9.74. The molecule has 0 amide bonds. The van der Waals surface area contributed by atoms with Crippen molar-refractivity contribution in [2.24, 2.45) is 0 Å². The molecule has 0 aliphatic heterocycles. The molecular formula is C28H26O2. The Labute approximate surface area is 177 Å². The van der Waals surface area contributed by atoms with Gasteiger partial charge in [0.25, 0.3) is 0 Å². The second-order valence-corrected chi connectivity index (χ2v) is 8.29. The van der Waals surface area contributed by atoms with Gasteiger partial charge >= 0.3 is 0 Å².